The van der Waals surface area contributed by atoms with Crippen LogP contribution in [0.1, 0.15) is 61.0 Å². The van der Waals surface area contributed by atoms with E-state index in [1.54, 1.807) is 13.1 Å². The first kappa shape index (κ1) is 24.7. The van der Waals surface area contributed by atoms with Crippen molar-refractivity contribution in [2.24, 2.45) is 0 Å². The van der Waals surface area contributed by atoms with Crippen molar-refractivity contribution in [2.45, 2.75) is 57.5 Å². The van der Waals surface area contributed by atoms with Gasteiger partial charge >= 0.3 is 6.09 Å². The summed E-state index contributed by atoms with van der Waals surface area (Å²) < 4.78 is 6.89. The van der Waals surface area contributed by atoms with Gasteiger partial charge in [-0.25, -0.2) is 15.3 Å². The molecule has 0 bridgehead atoms. The van der Waals surface area contributed by atoms with Crippen LogP contribution in [0.15, 0.2) is 41.5 Å². The molecule has 11 nitrogen and oxygen atoms in total. The maximum atomic E-state index is 13.2. The summed E-state index contributed by atoms with van der Waals surface area (Å²) >= 11 is 0. The number of hydrogen-bond acceptors (Lipinski definition) is 8. The first-order valence-electron chi connectivity index (χ1n) is 12.6. The molecule has 1 aromatic carbocycles. The van der Waals surface area contributed by atoms with Gasteiger partial charge in [0, 0.05) is 24.1 Å². The predicted octanol–water partition coefficient (Wildman–Crippen LogP) is 3.37. The zero-order valence-corrected chi connectivity index (χ0v) is 20.7. The number of hydroxylamine groups is 1. The zero-order valence-electron chi connectivity index (χ0n) is 20.7. The molecule has 37 heavy (non-hydrogen) atoms. The average molecular weight is 507 g/mol. The Morgan fingerprint density at radius 3 is 2.68 bits per heavy atom. The fraction of sp³-hybridized carbons (Fsp3) is 0.423. The van der Waals surface area contributed by atoms with Crippen LogP contribution in [0.4, 0.5) is 16.4 Å². The Hall–Kier alpha value is -3.99. The number of amides is 2. The lowest BCUT2D eigenvalue weighted by Gasteiger charge is -2.26. The largest absolute Gasteiger partial charge is 0.447 e. The third-order valence-corrected chi connectivity index (χ3v) is 6.72. The molecule has 2 aliphatic rings. The minimum atomic E-state index is -0.579. The monoisotopic (exact) mass is 506 g/mol. The molecule has 1 saturated heterocycles. The topological polar surface area (TPSA) is 136 Å². The van der Waals surface area contributed by atoms with Crippen LogP contribution >= 0.6 is 0 Å². The van der Waals surface area contributed by atoms with Crippen molar-refractivity contribution < 1.29 is 19.2 Å². The highest BCUT2D eigenvalue weighted by Crippen LogP contribution is 2.30. The second-order valence-electron chi connectivity index (χ2n) is 9.33. The molecule has 1 saturated carbocycles. The van der Waals surface area contributed by atoms with Gasteiger partial charge in [-0.2, -0.15) is 4.98 Å². The fourth-order valence-electron chi connectivity index (χ4n) is 4.86. The van der Waals surface area contributed by atoms with Gasteiger partial charge in [-0.15, -0.1) is 0 Å². The van der Waals surface area contributed by atoms with Gasteiger partial charge in [-0.1, -0.05) is 31.4 Å². The first-order chi connectivity index (χ1) is 18.0. The lowest BCUT2D eigenvalue weighted by atomic mass is 9.95. The summed E-state index contributed by atoms with van der Waals surface area (Å²) in [6, 6.07) is 7.86. The van der Waals surface area contributed by atoms with Gasteiger partial charge in [0.15, 0.2) is 0 Å². The van der Waals surface area contributed by atoms with Crippen LogP contribution in [0.25, 0.3) is 11.0 Å². The summed E-state index contributed by atoms with van der Waals surface area (Å²) in [6.45, 7) is 2.41. The Labute approximate surface area is 213 Å². The van der Waals surface area contributed by atoms with Gasteiger partial charge in [0.1, 0.15) is 17.8 Å². The summed E-state index contributed by atoms with van der Waals surface area (Å²) in [5.74, 6) is -0.225. The van der Waals surface area contributed by atoms with E-state index >= 15 is 0 Å². The number of pyridine rings is 1. The minimum Gasteiger partial charge on any atom is -0.447 e. The summed E-state index contributed by atoms with van der Waals surface area (Å²) in [5, 5.41) is 6.27. The molecule has 1 aliphatic carbocycles. The number of carbonyl (C=O) groups excluding carboxylic acids is 2. The number of nitrogens with one attached hydrogen (secondary N) is 3. The van der Waals surface area contributed by atoms with Crippen LogP contribution in [-0.2, 0) is 16.0 Å². The van der Waals surface area contributed by atoms with Crippen LogP contribution in [0.2, 0.25) is 0 Å². The first-order valence-corrected chi connectivity index (χ1v) is 12.6. The number of fused-ring (bicyclic) bond motifs is 1. The molecule has 5 rings (SSSR count). The van der Waals surface area contributed by atoms with Crippen molar-refractivity contribution in [3.05, 3.63) is 58.0 Å². The highest BCUT2D eigenvalue weighted by molar-refractivity contribution is 5.96. The number of rotatable bonds is 8. The Balaban J connectivity index is 1.42. The van der Waals surface area contributed by atoms with Gasteiger partial charge in [-0.3, -0.25) is 14.4 Å². The quantitative estimate of drug-likeness (QED) is 0.396. The SMILES string of the molecule is CCONC(=O)c1cn(C2CCCCC2)c2nc(Nc3ccc(C[C@H]4COC(=O)N4)cc3)ncc2c1=O. The molecule has 3 heterocycles. The molecule has 11 heteroatoms. The smallest absolute Gasteiger partial charge is 0.407 e. The number of nitrogens with zero attached hydrogens (tertiary/aromatic N) is 3. The van der Waals surface area contributed by atoms with E-state index in [1.165, 1.54) is 12.6 Å². The van der Waals surface area contributed by atoms with Crippen molar-refractivity contribution in [2.75, 3.05) is 18.5 Å². The molecule has 0 radical (unpaired) electrons. The van der Waals surface area contributed by atoms with Crippen molar-refractivity contribution in [3.63, 3.8) is 0 Å². The van der Waals surface area contributed by atoms with Crippen molar-refractivity contribution in [1.82, 2.24) is 25.3 Å². The van der Waals surface area contributed by atoms with Crippen LogP contribution in [0.3, 0.4) is 0 Å². The van der Waals surface area contributed by atoms with Gasteiger partial charge in [0.2, 0.25) is 11.4 Å². The predicted molar refractivity (Wildman–Crippen MR) is 137 cm³/mol. The molecule has 1 atom stereocenters. The lowest BCUT2D eigenvalue weighted by Crippen LogP contribution is -2.31. The highest BCUT2D eigenvalue weighted by atomic mass is 16.6. The molecule has 194 valence electrons. The Kier molecular flexibility index (Phi) is 7.31. The van der Waals surface area contributed by atoms with Gasteiger partial charge in [0.25, 0.3) is 5.91 Å². The third kappa shape index (κ3) is 5.56. The molecule has 2 fully saturated rings. The van der Waals surface area contributed by atoms with Gasteiger partial charge in [-0.05, 0) is 43.9 Å². The lowest BCUT2D eigenvalue weighted by molar-refractivity contribution is 0.0363. The molecule has 0 unspecified atom stereocenters. The highest BCUT2D eigenvalue weighted by Gasteiger charge is 2.24. The van der Waals surface area contributed by atoms with E-state index in [2.05, 4.69) is 21.1 Å². The number of hydrogen-bond donors (Lipinski definition) is 3. The molecule has 1 aliphatic heterocycles. The molecule has 3 N–H and O–H groups in total. The molecular formula is C26H30N6O5. The summed E-state index contributed by atoms with van der Waals surface area (Å²) in [5.41, 5.74) is 4.24. The second kappa shape index (κ2) is 11.0. The van der Waals surface area contributed by atoms with Crippen LogP contribution in [0.5, 0.6) is 0 Å². The van der Waals surface area contributed by atoms with Gasteiger partial charge in [0.05, 0.1) is 18.0 Å². The summed E-state index contributed by atoms with van der Waals surface area (Å²) in [6.07, 6.45) is 8.60. The number of anilines is 2. The van der Waals surface area contributed by atoms with Crippen LogP contribution in [0, 0.1) is 0 Å². The minimum absolute atomic E-state index is 0.00951. The number of alkyl carbamates (subject to hydrolysis) is 1. The van der Waals surface area contributed by atoms with E-state index in [1.807, 2.05) is 28.8 Å². The number of carbonyl (C=O) groups is 2. The van der Waals surface area contributed by atoms with E-state index in [9.17, 15) is 14.4 Å². The van der Waals surface area contributed by atoms with E-state index in [4.69, 9.17) is 14.6 Å². The van der Waals surface area contributed by atoms with Crippen molar-refractivity contribution in [1.29, 1.82) is 0 Å². The molecule has 2 amide bonds. The standard InChI is InChI=1S/C26H30N6O5/c1-2-37-31-24(34)21-14-32(19-6-4-3-5-7-19)23-20(22(21)33)13-27-25(30-23)28-17-10-8-16(9-11-17)12-18-15-36-26(35)29-18/h8-11,13-14,18-19H,2-7,12,15H2,1H3,(H,29,35)(H,31,34)(H,27,28,30)/t18-/m0/s1. The Morgan fingerprint density at radius 1 is 1.19 bits per heavy atom. The number of ether oxygens (including phenoxy) is 1. The molecular weight excluding hydrogens is 476 g/mol. The van der Waals surface area contributed by atoms with Crippen molar-refractivity contribution >= 4 is 34.7 Å². The third-order valence-electron chi connectivity index (χ3n) is 6.72. The Morgan fingerprint density at radius 2 is 1.97 bits per heavy atom. The normalized spacial score (nSPS) is 17.9. The second-order valence-corrected chi connectivity index (χ2v) is 9.33. The van der Waals surface area contributed by atoms with Crippen LogP contribution < -0.4 is 21.5 Å². The zero-order chi connectivity index (χ0) is 25.8. The van der Waals surface area contributed by atoms with Crippen LogP contribution in [-0.4, -0.2) is 45.8 Å². The van der Waals surface area contributed by atoms with Gasteiger partial charge < -0.3 is 19.9 Å². The number of benzene rings is 1. The van der Waals surface area contributed by atoms with E-state index in [-0.39, 0.29) is 29.1 Å². The average Bonchev–Trinajstić information content (AvgIpc) is 3.33. The van der Waals surface area contributed by atoms with Crippen molar-refractivity contribution in [3.8, 4) is 0 Å². The molecule has 0 spiro atoms. The molecule has 3 aromatic rings. The molecule has 2 aromatic heterocycles. The van der Waals surface area contributed by atoms with E-state index in [0.717, 1.165) is 36.9 Å². The number of cyclic esters (lactones) is 1. The number of aromatic nitrogens is 3. The fourth-order valence-corrected chi connectivity index (χ4v) is 4.86. The van der Waals surface area contributed by atoms with E-state index in [0.29, 0.717) is 31.2 Å². The van der Waals surface area contributed by atoms with E-state index < -0.39 is 11.3 Å². The summed E-state index contributed by atoms with van der Waals surface area (Å²) in [4.78, 5) is 51.1. The summed E-state index contributed by atoms with van der Waals surface area (Å²) in [7, 11) is 0. The maximum absolute atomic E-state index is 13.2. The maximum Gasteiger partial charge on any atom is 0.407 e. The Bertz CT molecular complexity index is 1350.